The van der Waals surface area contributed by atoms with E-state index in [2.05, 4.69) is 65.0 Å². The van der Waals surface area contributed by atoms with Crippen molar-refractivity contribution in [2.45, 2.75) is 41.0 Å². The number of hydrogen-bond acceptors (Lipinski definition) is 0. The number of benzene rings is 1. The number of rotatable bonds is 2. The SMILES string of the molecule is CCC=C(c1ccc(C)cc1)C(C)(C)C. The Bertz CT molecular complexity index is 333. The zero-order valence-electron chi connectivity index (χ0n) is 10.6. The summed E-state index contributed by atoms with van der Waals surface area (Å²) in [5, 5.41) is 0. The smallest absolute Gasteiger partial charge is 0.0129 e. The first-order chi connectivity index (χ1) is 6.95. The van der Waals surface area contributed by atoms with E-state index in [0.717, 1.165) is 6.42 Å². The van der Waals surface area contributed by atoms with Gasteiger partial charge in [0.15, 0.2) is 0 Å². The molecule has 0 atom stereocenters. The van der Waals surface area contributed by atoms with Crippen molar-refractivity contribution in [2.24, 2.45) is 5.41 Å². The fraction of sp³-hybridized carbons (Fsp3) is 0.467. The summed E-state index contributed by atoms with van der Waals surface area (Å²) < 4.78 is 0. The van der Waals surface area contributed by atoms with Gasteiger partial charge in [0, 0.05) is 0 Å². The molecule has 0 aliphatic rings. The van der Waals surface area contributed by atoms with Gasteiger partial charge in [0.2, 0.25) is 0 Å². The minimum Gasteiger partial charge on any atom is -0.0805 e. The Kier molecular flexibility index (Phi) is 3.73. The van der Waals surface area contributed by atoms with Gasteiger partial charge in [0.1, 0.15) is 0 Å². The summed E-state index contributed by atoms with van der Waals surface area (Å²) in [6, 6.07) is 8.82. The van der Waals surface area contributed by atoms with Gasteiger partial charge in [0.05, 0.1) is 0 Å². The summed E-state index contributed by atoms with van der Waals surface area (Å²) in [6.07, 6.45) is 3.44. The van der Waals surface area contributed by atoms with Crippen LogP contribution in [0.25, 0.3) is 5.57 Å². The van der Waals surface area contributed by atoms with Crippen LogP contribution in [0, 0.1) is 12.3 Å². The molecule has 0 heterocycles. The van der Waals surface area contributed by atoms with E-state index < -0.39 is 0 Å². The molecule has 0 amide bonds. The van der Waals surface area contributed by atoms with E-state index in [1.807, 2.05) is 0 Å². The average Bonchev–Trinajstić information content (AvgIpc) is 2.14. The summed E-state index contributed by atoms with van der Waals surface area (Å²) in [4.78, 5) is 0. The maximum Gasteiger partial charge on any atom is -0.0129 e. The lowest BCUT2D eigenvalue weighted by Crippen LogP contribution is -2.08. The Balaban J connectivity index is 3.11. The minimum absolute atomic E-state index is 0.227. The Morgan fingerprint density at radius 2 is 1.67 bits per heavy atom. The van der Waals surface area contributed by atoms with E-state index in [4.69, 9.17) is 0 Å². The summed E-state index contributed by atoms with van der Waals surface area (Å²) >= 11 is 0. The Labute approximate surface area is 94.0 Å². The molecule has 0 saturated heterocycles. The molecule has 0 unspecified atom stereocenters. The van der Waals surface area contributed by atoms with Gasteiger partial charge in [-0.3, -0.25) is 0 Å². The van der Waals surface area contributed by atoms with E-state index in [1.54, 1.807) is 0 Å². The van der Waals surface area contributed by atoms with Gasteiger partial charge in [-0.2, -0.15) is 0 Å². The maximum absolute atomic E-state index is 2.34. The second kappa shape index (κ2) is 4.65. The first-order valence-electron chi connectivity index (χ1n) is 5.73. The van der Waals surface area contributed by atoms with Gasteiger partial charge in [-0.15, -0.1) is 0 Å². The number of allylic oxidation sites excluding steroid dienone is 2. The van der Waals surface area contributed by atoms with Crippen LogP contribution >= 0.6 is 0 Å². The van der Waals surface area contributed by atoms with Crippen molar-refractivity contribution in [1.29, 1.82) is 0 Å². The standard InChI is InChI=1S/C15H22/c1-6-7-14(15(3,4)5)13-10-8-12(2)9-11-13/h7-11H,6H2,1-5H3. The second-order valence-electron chi connectivity index (χ2n) is 5.14. The molecular formula is C15H22. The molecule has 0 aliphatic carbocycles. The molecule has 0 radical (unpaired) electrons. The van der Waals surface area contributed by atoms with Crippen LogP contribution in [0.1, 0.15) is 45.2 Å². The highest BCUT2D eigenvalue weighted by molar-refractivity contribution is 5.69. The largest absolute Gasteiger partial charge is 0.0805 e. The van der Waals surface area contributed by atoms with Crippen LogP contribution in [0.15, 0.2) is 30.3 Å². The predicted octanol–water partition coefficient (Wildman–Crippen LogP) is 4.83. The van der Waals surface area contributed by atoms with Crippen molar-refractivity contribution in [2.75, 3.05) is 0 Å². The lowest BCUT2D eigenvalue weighted by molar-refractivity contribution is 0.565. The van der Waals surface area contributed by atoms with E-state index >= 15 is 0 Å². The quantitative estimate of drug-likeness (QED) is 0.644. The highest BCUT2D eigenvalue weighted by atomic mass is 14.2. The van der Waals surface area contributed by atoms with Crippen molar-refractivity contribution in [3.63, 3.8) is 0 Å². The number of aryl methyl sites for hydroxylation is 1. The van der Waals surface area contributed by atoms with Gasteiger partial charge in [0.25, 0.3) is 0 Å². The van der Waals surface area contributed by atoms with Gasteiger partial charge >= 0.3 is 0 Å². The van der Waals surface area contributed by atoms with Gasteiger partial charge in [-0.05, 0) is 29.9 Å². The van der Waals surface area contributed by atoms with Gasteiger partial charge in [-0.25, -0.2) is 0 Å². The van der Waals surface area contributed by atoms with Crippen LogP contribution in [0.3, 0.4) is 0 Å². The van der Waals surface area contributed by atoms with E-state index in [-0.39, 0.29) is 5.41 Å². The molecule has 0 bridgehead atoms. The van der Waals surface area contributed by atoms with Crippen LogP contribution in [0.5, 0.6) is 0 Å². The first kappa shape index (κ1) is 12.0. The van der Waals surface area contributed by atoms with Crippen LogP contribution in [0.4, 0.5) is 0 Å². The summed E-state index contributed by atoms with van der Waals surface area (Å²) in [5.41, 5.74) is 4.36. The first-order valence-corrected chi connectivity index (χ1v) is 5.73. The second-order valence-corrected chi connectivity index (χ2v) is 5.14. The molecule has 0 saturated carbocycles. The fourth-order valence-electron chi connectivity index (χ4n) is 1.79. The lowest BCUT2D eigenvalue weighted by Gasteiger charge is -2.23. The molecule has 0 nitrogen and oxygen atoms in total. The van der Waals surface area contributed by atoms with Gasteiger partial charge in [-0.1, -0.05) is 63.6 Å². The summed E-state index contributed by atoms with van der Waals surface area (Å²) in [6.45, 7) is 11.1. The van der Waals surface area contributed by atoms with Crippen molar-refractivity contribution in [3.05, 3.63) is 41.5 Å². The van der Waals surface area contributed by atoms with Crippen molar-refractivity contribution in [3.8, 4) is 0 Å². The lowest BCUT2D eigenvalue weighted by atomic mass is 9.81. The van der Waals surface area contributed by atoms with Crippen LogP contribution in [-0.4, -0.2) is 0 Å². The summed E-state index contributed by atoms with van der Waals surface area (Å²) in [5.74, 6) is 0. The molecule has 1 rings (SSSR count). The highest BCUT2D eigenvalue weighted by Gasteiger charge is 2.17. The Hall–Kier alpha value is -1.04. The van der Waals surface area contributed by atoms with Crippen molar-refractivity contribution >= 4 is 5.57 Å². The van der Waals surface area contributed by atoms with Crippen molar-refractivity contribution in [1.82, 2.24) is 0 Å². The highest BCUT2D eigenvalue weighted by Crippen LogP contribution is 2.34. The Morgan fingerprint density at radius 1 is 1.13 bits per heavy atom. The van der Waals surface area contributed by atoms with E-state index in [9.17, 15) is 0 Å². The molecule has 1 aromatic carbocycles. The topological polar surface area (TPSA) is 0 Å². The van der Waals surface area contributed by atoms with Crippen LogP contribution < -0.4 is 0 Å². The molecule has 1 aromatic rings. The molecule has 0 spiro atoms. The fourth-order valence-corrected chi connectivity index (χ4v) is 1.79. The molecular weight excluding hydrogens is 180 g/mol. The predicted molar refractivity (Wildman–Crippen MR) is 68.9 cm³/mol. The van der Waals surface area contributed by atoms with E-state index in [1.165, 1.54) is 16.7 Å². The molecule has 0 aliphatic heterocycles. The zero-order chi connectivity index (χ0) is 11.5. The molecule has 0 heteroatoms. The van der Waals surface area contributed by atoms with E-state index in [0.29, 0.717) is 0 Å². The van der Waals surface area contributed by atoms with Crippen molar-refractivity contribution < 1.29 is 0 Å². The zero-order valence-corrected chi connectivity index (χ0v) is 10.6. The minimum atomic E-state index is 0.227. The van der Waals surface area contributed by atoms with Crippen LogP contribution in [-0.2, 0) is 0 Å². The third-order valence-electron chi connectivity index (χ3n) is 2.58. The van der Waals surface area contributed by atoms with Crippen LogP contribution in [0.2, 0.25) is 0 Å². The molecule has 0 aromatic heterocycles. The maximum atomic E-state index is 2.34. The molecule has 82 valence electrons. The van der Waals surface area contributed by atoms with Gasteiger partial charge < -0.3 is 0 Å². The molecule has 15 heavy (non-hydrogen) atoms. The monoisotopic (exact) mass is 202 g/mol. The average molecular weight is 202 g/mol. The summed E-state index contributed by atoms with van der Waals surface area (Å²) in [7, 11) is 0. The molecule has 0 N–H and O–H groups in total. The Morgan fingerprint density at radius 3 is 2.07 bits per heavy atom. The third kappa shape index (κ3) is 3.23. The number of hydrogen-bond donors (Lipinski definition) is 0. The molecule has 0 fully saturated rings. The third-order valence-corrected chi connectivity index (χ3v) is 2.58. The normalized spacial score (nSPS) is 13.0.